The van der Waals surface area contributed by atoms with Crippen molar-refractivity contribution in [2.75, 3.05) is 55.6 Å². The Bertz CT molecular complexity index is 1400. The first kappa shape index (κ1) is 27.9. The second-order valence-electron chi connectivity index (χ2n) is 11.3. The summed E-state index contributed by atoms with van der Waals surface area (Å²) in [6, 6.07) is 13.4. The summed E-state index contributed by atoms with van der Waals surface area (Å²) in [5.41, 5.74) is 1.91. The Morgan fingerprint density at radius 1 is 0.976 bits per heavy atom. The molecule has 2 aromatic carbocycles. The Hall–Kier alpha value is -3.24. The molecule has 0 radical (unpaired) electrons. The molecule has 2 aliphatic heterocycles. The molecule has 3 fully saturated rings. The van der Waals surface area contributed by atoms with E-state index in [9.17, 15) is 23.1 Å². The van der Waals surface area contributed by atoms with Gasteiger partial charge in [0.25, 0.3) is 0 Å². The predicted octanol–water partition coefficient (Wildman–Crippen LogP) is 6.29. The van der Waals surface area contributed by atoms with E-state index in [-0.39, 0.29) is 6.54 Å². The molecule has 1 atom stereocenters. The summed E-state index contributed by atoms with van der Waals surface area (Å²) in [7, 11) is 0. The summed E-state index contributed by atoms with van der Waals surface area (Å²) in [6.07, 6.45) is -0.213. The van der Waals surface area contributed by atoms with Crippen molar-refractivity contribution in [3.63, 3.8) is 0 Å². The number of rotatable bonds is 7. The van der Waals surface area contributed by atoms with Gasteiger partial charge in [0.05, 0.1) is 12.2 Å². The van der Waals surface area contributed by atoms with E-state index in [2.05, 4.69) is 39.2 Å². The first-order chi connectivity index (χ1) is 19.7. The molecule has 11 heteroatoms. The lowest BCUT2D eigenvalue weighted by atomic mass is 9.99. The molecule has 41 heavy (non-hydrogen) atoms. The van der Waals surface area contributed by atoms with Crippen molar-refractivity contribution in [1.29, 1.82) is 0 Å². The summed E-state index contributed by atoms with van der Waals surface area (Å²) < 4.78 is 42.5. The van der Waals surface area contributed by atoms with Gasteiger partial charge in [-0.2, -0.15) is 18.3 Å². The molecule has 2 saturated heterocycles. The number of anilines is 2. The molecule has 1 aliphatic carbocycles. The summed E-state index contributed by atoms with van der Waals surface area (Å²) in [6.45, 7) is 6.28. The number of carboxylic acids is 1. The van der Waals surface area contributed by atoms with E-state index >= 15 is 0 Å². The van der Waals surface area contributed by atoms with Crippen molar-refractivity contribution in [1.82, 2.24) is 14.7 Å². The normalized spacial score (nSPS) is 20.4. The van der Waals surface area contributed by atoms with E-state index in [1.54, 1.807) is 0 Å². The van der Waals surface area contributed by atoms with Crippen LogP contribution >= 0.6 is 11.6 Å². The van der Waals surface area contributed by atoms with Gasteiger partial charge >= 0.3 is 12.1 Å². The number of benzene rings is 2. The van der Waals surface area contributed by atoms with Gasteiger partial charge in [0, 0.05) is 67.8 Å². The van der Waals surface area contributed by atoms with Gasteiger partial charge in [-0.25, -0.2) is 4.79 Å². The third-order valence-corrected chi connectivity index (χ3v) is 8.70. The van der Waals surface area contributed by atoms with Crippen LogP contribution in [0.1, 0.15) is 47.8 Å². The molecule has 3 heterocycles. The predicted molar refractivity (Wildman–Crippen MR) is 153 cm³/mol. The van der Waals surface area contributed by atoms with Gasteiger partial charge in [-0.3, -0.25) is 9.58 Å². The van der Waals surface area contributed by atoms with Crippen LogP contribution in [0.15, 0.2) is 48.7 Å². The van der Waals surface area contributed by atoms with Gasteiger partial charge in [-0.1, -0.05) is 29.8 Å². The fraction of sp³-hybridized carbons (Fsp3) is 0.467. The Morgan fingerprint density at radius 2 is 1.71 bits per heavy atom. The van der Waals surface area contributed by atoms with E-state index in [0.717, 1.165) is 59.8 Å². The van der Waals surface area contributed by atoms with Crippen LogP contribution in [-0.4, -0.2) is 71.6 Å². The first-order valence-corrected chi connectivity index (χ1v) is 14.6. The van der Waals surface area contributed by atoms with E-state index in [1.807, 2.05) is 23.1 Å². The quantitative estimate of drug-likeness (QED) is 0.350. The third-order valence-electron chi connectivity index (χ3n) is 8.47. The van der Waals surface area contributed by atoms with E-state index in [1.165, 1.54) is 25.1 Å². The summed E-state index contributed by atoms with van der Waals surface area (Å²) in [5.74, 6) is -0.741. The van der Waals surface area contributed by atoms with Crippen molar-refractivity contribution in [3.8, 4) is 11.1 Å². The van der Waals surface area contributed by atoms with Crippen molar-refractivity contribution in [3.05, 3.63) is 64.9 Å². The minimum Gasteiger partial charge on any atom is -0.478 e. The Labute approximate surface area is 242 Å². The van der Waals surface area contributed by atoms with E-state index < -0.39 is 29.4 Å². The molecular weight excluding hydrogens is 555 g/mol. The number of hydrogen-bond acceptors (Lipinski definition) is 5. The lowest BCUT2D eigenvalue weighted by Crippen LogP contribution is -2.47. The number of carboxylic acid groups (broad SMARTS) is 1. The third kappa shape index (κ3) is 6.04. The van der Waals surface area contributed by atoms with Gasteiger partial charge in [-0.15, -0.1) is 0 Å². The lowest BCUT2D eigenvalue weighted by Gasteiger charge is -2.37. The zero-order valence-electron chi connectivity index (χ0n) is 22.7. The molecule has 218 valence electrons. The van der Waals surface area contributed by atoms with Gasteiger partial charge < -0.3 is 14.9 Å². The number of hydrogen-bond donors (Lipinski definition) is 1. The highest BCUT2D eigenvalue weighted by molar-refractivity contribution is 6.31. The maximum atomic E-state index is 13.9. The number of aromatic nitrogens is 2. The van der Waals surface area contributed by atoms with Crippen LogP contribution in [0, 0.1) is 5.92 Å². The van der Waals surface area contributed by atoms with Gasteiger partial charge in [0.2, 0.25) is 0 Å². The minimum absolute atomic E-state index is 0.250. The summed E-state index contributed by atoms with van der Waals surface area (Å²) in [5, 5.41) is 13.7. The largest absolute Gasteiger partial charge is 0.478 e. The van der Waals surface area contributed by atoms with Crippen LogP contribution in [-0.2, 0) is 6.18 Å². The number of piperazine rings is 1. The summed E-state index contributed by atoms with van der Waals surface area (Å²) in [4.78, 5) is 18.5. The molecular formula is C30H33ClF3N5O2. The number of piperidine rings is 1. The Morgan fingerprint density at radius 3 is 2.37 bits per heavy atom. The SMILES string of the molecule is O=C(O)c1cnn(C2CCCN(c3cc(Cl)ccc3-c3ccc(N4CCN(CC5CC5)CC4)cc3)C2)c1C(F)(F)F. The second-order valence-corrected chi connectivity index (χ2v) is 11.8. The molecule has 0 amide bonds. The maximum Gasteiger partial charge on any atom is 0.433 e. The van der Waals surface area contributed by atoms with Crippen LogP contribution in [0.2, 0.25) is 5.02 Å². The standard InChI is InChI=1S/C30H33ClF3N5O2/c31-22-7-10-25(21-5-8-23(9-6-21)37-14-12-36(13-15-37)18-20-3-4-20)27(16-22)38-11-1-2-24(19-38)39-28(30(32,33)34)26(17-35-39)29(40)41/h5-10,16-17,20,24H,1-4,11-15,18-19H2,(H,40,41). The fourth-order valence-electron chi connectivity index (χ4n) is 6.17. The summed E-state index contributed by atoms with van der Waals surface area (Å²) >= 11 is 6.41. The molecule has 3 aromatic rings. The zero-order chi connectivity index (χ0) is 28.7. The van der Waals surface area contributed by atoms with Crippen LogP contribution in [0.25, 0.3) is 11.1 Å². The monoisotopic (exact) mass is 587 g/mol. The van der Waals surface area contributed by atoms with Crippen LogP contribution in [0.3, 0.4) is 0 Å². The highest BCUT2D eigenvalue weighted by Crippen LogP contribution is 2.39. The molecule has 1 saturated carbocycles. The minimum atomic E-state index is -4.83. The van der Waals surface area contributed by atoms with Gasteiger partial charge in [-0.05, 0) is 61.4 Å². The highest BCUT2D eigenvalue weighted by atomic mass is 35.5. The number of aromatic carboxylic acids is 1. The van der Waals surface area contributed by atoms with Crippen molar-refractivity contribution in [2.45, 2.75) is 37.9 Å². The van der Waals surface area contributed by atoms with Crippen molar-refractivity contribution >= 4 is 28.9 Å². The fourth-order valence-corrected chi connectivity index (χ4v) is 6.33. The van der Waals surface area contributed by atoms with Crippen LogP contribution in [0.4, 0.5) is 24.5 Å². The number of carbonyl (C=O) groups is 1. The molecule has 1 unspecified atom stereocenters. The highest BCUT2D eigenvalue weighted by Gasteiger charge is 2.42. The number of halogens is 4. The average molecular weight is 588 g/mol. The van der Waals surface area contributed by atoms with Crippen molar-refractivity contribution < 1.29 is 23.1 Å². The molecule has 1 aromatic heterocycles. The molecule has 0 bridgehead atoms. The first-order valence-electron chi connectivity index (χ1n) is 14.2. The number of alkyl halides is 3. The smallest absolute Gasteiger partial charge is 0.433 e. The maximum absolute atomic E-state index is 13.9. The zero-order valence-corrected chi connectivity index (χ0v) is 23.4. The Balaban J connectivity index is 1.22. The van der Waals surface area contributed by atoms with Crippen molar-refractivity contribution in [2.24, 2.45) is 5.92 Å². The van der Waals surface area contributed by atoms with E-state index in [4.69, 9.17) is 11.6 Å². The second kappa shape index (κ2) is 11.2. The average Bonchev–Trinajstić information content (AvgIpc) is 3.65. The van der Waals surface area contributed by atoms with E-state index in [0.29, 0.717) is 24.4 Å². The van der Waals surface area contributed by atoms with Crippen LogP contribution < -0.4 is 9.80 Å². The topological polar surface area (TPSA) is 64.8 Å². The van der Waals surface area contributed by atoms with Crippen LogP contribution in [0.5, 0.6) is 0 Å². The van der Waals surface area contributed by atoms with Gasteiger partial charge in [0.1, 0.15) is 5.56 Å². The molecule has 0 spiro atoms. The van der Waals surface area contributed by atoms with Gasteiger partial charge in [0.15, 0.2) is 5.69 Å². The molecule has 6 rings (SSSR count). The number of nitrogens with zero attached hydrogens (tertiary/aromatic N) is 5. The lowest BCUT2D eigenvalue weighted by molar-refractivity contribution is -0.145. The molecule has 7 nitrogen and oxygen atoms in total. The molecule has 3 aliphatic rings. The molecule has 1 N–H and O–H groups in total. The Kier molecular flexibility index (Phi) is 7.63.